The van der Waals surface area contributed by atoms with Gasteiger partial charge in [0.2, 0.25) is 0 Å². The summed E-state index contributed by atoms with van der Waals surface area (Å²) in [5.74, 6) is 0. The van der Waals surface area contributed by atoms with Crippen LogP contribution < -0.4 is 0 Å². The first-order chi connectivity index (χ1) is 23.8. The van der Waals surface area contributed by atoms with Gasteiger partial charge in [-0.15, -0.1) is 0 Å². The van der Waals surface area contributed by atoms with Gasteiger partial charge < -0.3 is 0 Å². The van der Waals surface area contributed by atoms with Gasteiger partial charge in [0, 0.05) is 9.79 Å². The Bertz CT molecular complexity index is 1640. The van der Waals surface area contributed by atoms with Crippen LogP contribution in [-0.4, -0.2) is 36.9 Å². The third-order valence-electron chi connectivity index (χ3n) is 5.67. The van der Waals surface area contributed by atoms with Crippen LogP contribution in [0.25, 0.3) is 0 Å². The molecule has 52 heavy (non-hydrogen) atoms. The number of benzene rings is 4. The summed E-state index contributed by atoms with van der Waals surface area (Å²) >= 11 is 1.80. The molecule has 0 aromatic heterocycles. The summed E-state index contributed by atoms with van der Waals surface area (Å²) in [4.78, 5) is 6.58. The lowest BCUT2D eigenvalue weighted by molar-refractivity contribution is -0.404. The van der Waals surface area contributed by atoms with Crippen LogP contribution in [0.5, 0.6) is 0 Å². The van der Waals surface area contributed by atoms with Crippen LogP contribution in [0.3, 0.4) is 0 Å². The summed E-state index contributed by atoms with van der Waals surface area (Å²) in [5.41, 5.74) is 0. The summed E-state index contributed by atoms with van der Waals surface area (Å²) in [7, 11) is -8.36. The Kier molecular flexibility index (Phi) is 13.5. The van der Waals surface area contributed by atoms with Crippen molar-refractivity contribution in [2.24, 2.45) is 0 Å². The van der Waals surface area contributed by atoms with E-state index >= 15 is 0 Å². The van der Waals surface area contributed by atoms with Crippen LogP contribution in [0, 0.1) is 0 Å². The Morgan fingerprint density at radius 3 is 0.981 bits per heavy atom. The van der Waals surface area contributed by atoms with Gasteiger partial charge in [0.25, 0.3) is 0 Å². The molecular formula is C30H19F15O4PS2+. The van der Waals surface area contributed by atoms with Crippen molar-refractivity contribution >= 4 is 30.5 Å². The third-order valence-corrected chi connectivity index (χ3v) is 10.3. The second kappa shape index (κ2) is 16.3. The molecule has 4 nitrogen and oxygen atoms in total. The molecule has 0 aliphatic carbocycles. The molecule has 0 saturated heterocycles. The molecule has 0 spiro atoms. The lowest BCUT2D eigenvalue weighted by atomic mass is 10.3. The monoisotopic (exact) mass is 823 g/mol. The minimum atomic E-state index is -8.28. The summed E-state index contributed by atoms with van der Waals surface area (Å²) in [5, 5.41) is 0. The van der Waals surface area contributed by atoms with Gasteiger partial charge in [0.1, 0.15) is 0 Å². The van der Waals surface area contributed by atoms with Crippen LogP contribution in [0.1, 0.15) is 0 Å². The highest BCUT2D eigenvalue weighted by Gasteiger charge is 2.72. The second-order valence-electron chi connectivity index (χ2n) is 9.58. The van der Waals surface area contributed by atoms with E-state index in [1.54, 1.807) is 25.3 Å². The van der Waals surface area contributed by atoms with Gasteiger partial charge in [-0.3, -0.25) is 0 Å². The number of hydrogen-bond acceptors (Lipinski definition) is 5. The van der Waals surface area contributed by atoms with Gasteiger partial charge in [0.05, 0.1) is 10.9 Å². The van der Waals surface area contributed by atoms with E-state index in [-0.39, 0.29) is 10.9 Å². The molecule has 0 radical (unpaired) electrons. The Morgan fingerprint density at radius 2 is 0.673 bits per heavy atom. The fraction of sp³-hybridized carbons (Fsp3) is 0.200. The Hall–Kier alpha value is -3.36. The van der Waals surface area contributed by atoms with Crippen LogP contribution in [0.2, 0.25) is 0 Å². The smallest absolute Gasteiger partial charge is 0.227 e. The number of halogens is 15. The van der Waals surface area contributed by atoms with Crippen molar-refractivity contribution in [2.75, 3.05) is 0 Å². The Labute approximate surface area is 290 Å². The minimum absolute atomic E-state index is 0.0786. The van der Waals surface area contributed by atoms with Crippen LogP contribution in [-0.2, 0) is 29.0 Å². The number of phosphoric ester groups is 1. The van der Waals surface area contributed by atoms with Crippen LogP contribution in [0.15, 0.2) is 140 Å². The fourth-order valence-corrected chi connectivity index (χ4v) is 7.61. The van der Waals surface area contributed by atoms with E-state index in [0.717, 1.165) is 0 Å². The van der Waals surface area contributed by atoms with E-state index < -0.39 is 44.7 Å². The maximum Gasteiger partial charge on any atom is 0.489 e. The largest absolute Gasteiger partial charge is 0.489 e. The van der Waals surface area contributed by atoms with Crippen LogP contribution in [0.4, 0.5) is 65.9 Å². The average molecular weight is 824 g/mol. The predicted molar refractivity (Wildman–Crippen MR) is 156 cm³/mol. The lowest BCUT2D eigenvalue weighted by Gasteiger charge is -2.30. The molecule has 4 aromatic rings. The van der Waals surface area contributed by atoms with Crippen molar-refractivity contribution in [3.05, 3.63) is 115 Å². The van der Waals surface area contributed by atoms with E-state index in [1.165, 1.54) is 24.5 Å². The lowest BCUT2D eigenvalue weighted by Crippen LogP contribution is -2.45. The molecule has 284 valence electrons. The van der Waals surface area contributed by atoms with Gasteiger partial charge in [0.15, 0.2) is 14.7 Å². The quantitative estimate of drug-likeness (QED) is 0.0856. The predicted octanol–water partition coefficient (Wildman–Crippen LogP) is 12.5. The van der Waals surface area contributed by atoms with Crippen molar-refractivity contribution in [3.8, 4) is 0 Å². The fourth-order valence-electron chi connectivity index (χ4n) is 3.42. The van der Waals surface area contributed by atoms with Crippen LogP contribution >= 0.6 is 19.6 Å². The molecule has 0 saturated carbocycles. The van der Waals surface area contributed by atoms with E-state index in [1.807, 2.05) is 0 Å². The Balaban J connectivity index is 0.000000280. The van der Waals surface area contributed by atoms with Gasteiger partial charge in [-0.05, 0) is 60.7 Å². The molecule has 4 rings (SSSR count). The minimum Gasteiger partial charge on any atom is -0.227 e. The molecule has 0 bridgehead atoms. The summed E-state index contributed by atoms with van der Waals surface area (Å²) in [6.45, 7) is 0. The highest BCUT2D eigenvalue weighted by Crippen LogP contribution is 2.64. The first-order valence-corrected chi connectivity index (χ1v) is 17.0. The number of alkyl halides is 15. The zero-order valence-corrected chi connectivity index (χ0v) is 27.6. The normalized spacial score (nSPS) is 13.5. The first-order valence-electron chi connectivity index (χ1n) is 13.5. The van der Waals surface area contributed by atoms with E-state index in [2.05, 4.69) is 115 Å². The van der Waals surface area contributed by atoms with E-state index in [9.17, 15) is 70.4 Å². The molecule has 0 aliphatic heterocycles. The van der Waals surface area contributed by atoms with Crippen molar-refractivity contribution in [1.29, 1.82) is 0 Å². The highest BCUT2D eigenvalue weighted by molar-refractivity contribution is 7.99. The number of rotatable bonds is 11. The summed E-state index contributed by atoms with van der Waals surface area (Å²) < 4.78 is 197. The van der Waals surface area contributed by atoms with Crippen molar-refractivity contribution in [3.63, 3.8) is 0 Å². The number of hydrogen-bond donors (Lipinski definition) is 0. The van der Waals surface area contributed by atoms with Crippen molar-refractivity contribution < 1.29 is 84.0 Å². The molecule has 22 heteroatoms. The zero-order valence-electron chi connectivity index (χ0n) is 25.0. The molecule has 0 amide bonds. The molecule has 0 unspecified atom stereocenters. The van der Waals surface area contributed by atoms with Gasteiger partial charge in [-0.25, -0.2) is 18.1 Å². The third kappa shape index (κ3) is 11.6. The maximum absolute atomic E-state index is 12.4. The standard InChI is InChI=1S/C24H19S2.C6F15O4P/c1-4-10-20(11-5-1)25-21-16-18-24(19-17-21)26(22-12-6-2-7-13-22)23-14-8-3-9-15-23;7-1(8,9)4(16,17)23-26(22,24-5(18,19)2(10,11)12)25-6(20,21)3(13,14)15/h1-19H;/q+1;. The van der Waals surface area contributed by atoms with Gasteiger partial charge in [-0.1, -0.05) is 66.4 Å². The molecule has 0 atom stereocenters. The first kappa shape index (κ1) is 43.0. The molecular weight excluding hydrogens is 804 g/mol. The Morgan fingerprint density at radius 1 is 0.404 bits per heavy atom. The molecule has 4 aromatic carbocycles. The molecule has 0 fully saturated rings. The average Bonchev–Trinajstić information content (AvgIpc) is 3.01. The SMILES string of the molecule is O=P(OC(F)(F)C(F)(F)F)(OC(F)(F)C(F)(F)F)OC(F)(F)C(F)(F)F.c1ccc(Sc2ccc([S+](c3ccccc3)c3ccccc3)cc2)cc1. The van der Waals surface area contributed by atoms with E-state index in [4.69, 9.17) is 0 Å². The summed E-state index contributed by atoms with van der Waals surface area (Å²) in [6, 6.07) is 41.1. The number of phosphoric acid groups is 1. The molecule has 0 aliphatic rings. The maximum atomic E-state index is 12.4. The van der Waals surface area contributed by atoms with Crippen molar-refractivity contribution in [2.45, 2.75) is 61.3 Å². The topological polar surface area (TPSA) is 44.8 Å². The summed E-state index contributed by atoms with van der Waals surface area (Å²) in [6.07, 6.45) is -42.7. The molecule has 0 N–H and O–H groups in total. The van der Waals surface area contributed by atoms with E-state index in [0.29, 0.717) is 0 Å². The zero-order chi connectivity index (χ0) is 39.2. The second-order valence-corrected chi connectivity index (χ2v) is 14.2. The molecule has 0 heterocycles. The highest BCUT2D eigenvalue weighted by atomic mass is 32.2. The van der Waals surface area contributed by atoms with Crippen molar-refractivity contribution in [1.82, 2.24) is 0 Å². The van der Waals surface area contributed by atoms with Gasteiger partial charge in [-0.2, -0.15) is 65.9 Å². The van der Waals surface area contributed by atoms with Gasteiger partial charge >= 0.3 is 44.7 Å².